The highest BCUT2D eigenvalue weighted by Crippen LogP contribution is 2.45. The van der Waals surface area contributed by atoms with Crippen molar-refractivity contribution in [2.75, 3.05) is 13.2 Å². The first-order chi connectivity index (χ1) is 10.2. The van der Waals surface area contributed by atoms with E-state index >= 15 is 0 Å². The molecule has 0 unspecified atom stereocenters. The molecule has 0 saturated carbocycles. The van der Waals surface area contributed by atoms with Gasteiger partial charge in [0.05, 0.1) is 6.61 Å². The summed E-state index contributed by atoms with van der Waals surface area (Å²) in [6, 6.07) is 9.93. The molecule has 2 aliphatic rings. The number of rotatable bonds is 4. The zero-order valence-electron chi connectivity index (χ0n) is 12.4. The minimum atomic E-state index is -0.785. The van der Waals surface area contributed by atoms with Gasteiger partial charge in [-0.3, -0.25) is 4.79 Å². The molecule has 2 saturated heterocycles. The Kier molecular flexibility index (Phi) is 3.70. The molecule has 4 nitrogen and oxygen atoms in total. The summed E-state index contributed by atoms with van der Waals surface area (Å²) in [5.41, 5.74) is 0.296. The van der Waals surface area contributed by atoms with E-state index in [0.717, 1.165) is 18.4 Å². The van der Waals surface area contributed by atoms with E-state index in [4.69, 9.17) is 4.74 Å². The van der Waals surface area contributed by atoms with Crippen molar-refractivity contribution in [3.63, 3.8) is 0 Å². The molecular weight excluding hydrogens is 266 g/mol. The zero-order chi connectivity index (χ0) is 14.9. The van der Waals surface area contributed by atoms with Crippen LogP contribution in [0.2, 0.25) is 0 Å². The summed E-state index contributed by atoms with van der Waals surface area (Å²) >= 11 is 0. The Morgan fingerprint density at radius 3 is 2.81 bits per heavy atom. The Morgan fingerprint density at radius 2 is 2.14 bits per heavy atom. The lowest BCUT2D eigenvalue weighted by molar-refractivity contribution is -0.164. The van der Waals surface area contributed by atoms with Crippen LogP contribution in [0.25, 0.3) is 0 Å². The maximum absolute atomic E-state index is 12.7. The van der Waals surface area contributed by atoms with E-state index in [9.17, 15) is 9.59 Å². The lowest BCUT2D eigenvalue weighted by Gasteiger charge is -2.43. The molecular formula is C17H21NO3. The average Bonchev–Trinajstić information content (AvgIpc) is 2.63. The summed E-state index contributed by atoms with van der Waals surface area (Å²) in [4.78, 5) is 26.8. The second-order valence-electron chi connectivity index (χ2n) is 5.90. The van der Waals surface area contributed by atoms with Crippen molar-refractivity contribution < 1.29 is 14.3 Å². The number of benzene rings is 1. The quantitative estimate of drug-likeness (QED) is 0.797. The average molecular weight is 287 g/mol. The predicted molar refractivity (Wildman–Crippen MR) is 78.6 cm³/mol. The summed E-state index contributed by atoms with van der Waals surface area (Å²) in [6.07, 6.45) is 2.94. The first-order valence-corrected chi connectivity index (χ1v) is 7.70. The first kappa shape index (κ1) is 14.1. The summed E-state index contributed by atoms with van der Waals surface area (Å²) in [6.45, 7) is 2.83. The number of nitrogens with zero attached hydrogens (tertiary/aromatic N) is 1. The number of carbonyl (C=O) groups excluding carboxylic acids is 2. The van der Waals surface area contributed by atoms with E-state index in [1.807, 2.05) is 37.3 Å². The largest absolute Gasteiger partial charge is 0.464 e. The Hall–Kier alpha value is -1.84. The van der Waals surface area contributed by atoms with E-state index in [1.165, 1.54) is 0 Å². The van der Waals surface area contributed by atoms with Crippen molar-refractivity contribution >= 4 is 11.9 Å². The van der Waals surface area contributed by atoms with Crippen molar-refractivity contribution in [3.05, 3.63) is 35.9 Å². The summed E-state index contributed by atoms with van der Waals surface area (Å²) in [5, 5.41) is 0. The van der Waals surface area contributed by atoms with Crippen LogP contribution in [-0.4, -0.2) is 35.5 Å². The SMILES string of the molecule is CCOC(=O)[C@@]1(Cc2ccccc2)[C@H]2CCCN1C(=O)C2. The lowest BCUT2D eigenvalue weighted by Crippen LogP contribution is -2.60. The minimum absolute atomic E-state index is 0.0815. The van der Waals surface area contributed by atoms with Crippen LogP contribution in [0.1, 0.15) is 31.7 Å². The number of piperidine rings is 1. The molecule has 1 aromatic carbocycles. The highest BCUT2D eigenvalue weighted by Gasteiger charge is 2.59. The predicted octanol–water partition coefficient (Wildman–Crippen LogP) is 2.17. The van der Waals surface area contributed by atoms with Crippen LogP contribution >= 0.6 is 0 Å². The van der Waals surface area contributed by atoms with Crippen LogP contribution in [0.5, 0.6) is 0 Å². The molecule has 0 radical (unpaired) electrons. The summed E-state index contributed by atoms with van der Waals surface area (Å²) in [7, 11) is 0. The van der Waals surface area contributed by atoms with Gasteiger partial charge in [-0.15, -0.1) is 0 Å². The lowest BCUT2D eigenvalue weighted by atomic mass is 9.75. The van der Waals surface area contributed by atoms with Gasteiger partial charge in [0, 0.05) is 25.3 Å². The normalized spacial score (nSPS) is 27.8. The van der Waals surface area contributed by atoms with Crippen LogP contribution in [-0.2, 0) is 20.7 Å². The van der Waals surface area contributed by atoms with Gasteiger partial charge in [0.2, 0.25) is 5.91 Å². The van der Waals surface area contributed by atoms with Gasteiger partial charge in [-0.25, -0.2) is 4.79 Å². The molecule has 1 aromatic rings. The van der Waals surface area contributed by atoms with E-state index in [1.54, 1.807) is 4.90 Å². The minimum Gasteiger partial charge on any atom is -0.464 e. The highest BCUT2D eigenvalue weighted by atomic mass is 16.5. The Labute approximate surface area is 125 Å². The van der Waals surface area contributed by atoms with Gasteiger partial charge in [0.1, 0.15) is 5.54 Å². The van der Waals surface area contributed by atoms with Crippen molar-refractivity contribution in [3.8, 4) is 0 Å². The van der Waals surface area contributed by atoms with Gasteiger partial charge in [-0.2, -0.15) is 0 Å². The fourth-order valence-electron chi connectivity index (χ4n) is 3.85. The third-order valence-corrected chi connectivity index (χ3v) is 4.76. The van der Waals surface area contributed by atoms with Crippen molar-refractivity contribution in [2.45, 2.75) is 38.1 Å². The summed E-state index contributed by atoms with van der Waals surface area (Å²) in [5.74, 6) is -0.0520. The van der Waals surface area contributed by atoms with Gasteiger partial charge in [-0.1, -0.05) is 30.3 Å². The maximum Gasteiger partial charge on any atom is 0.332 e. The number of fused-ring (bicyclic) bond motifs is 2. The molecule has 2 aliphatic heterocycles. The Morgan fingerprint density at radius 1 is 1.38 bits per heavy atom. The van der Waals surface area contributed by atoms with E-state index < -0.39 is 5.54 Å². The smallest absolute Gasteiger partial charge is 0.332 e. The molecule has 0 N–H and O–H groups in total. The van der Waals surface area contributed by atoms with E-state index in [2.05, 4.69) is 0 Å². The fourth-order valence-corrected chi connectivity index (χ4v) is 3.85. The first-order valence-electron chi connectivity index (χ1n) is 7.70. The Bertz CT molecular complexity index is 542. The molecule has 0 aliphatic carbocycles. The zero-order valence-corrected chi connectivity index (χ0v) is 12.4. The second-order valence-corrected chi connectivity index (χ2v) is 5.90. The van der Waals surface area contributed by atoms with Crippen LogP contribution in [0.15, 0.2) is 30.3 Å². The number of hydrogen-bond donors (Lipinski definition) is 0. The standard InChI is InChI=1S/C17H21NO3/c1-2-21-16(20)17(12-13-7-4-3-5-8-13)14-9-6-10-18(17)15(19)11-14/h3-5,7-8,14H,2,6,9-12H2,1H3/t14-,17+/m0/s1. The number of amides is 1. The third kappa shape index (κ3) is 2.23. The van der Waals surface area contributed by atoms with Crippen molar-refractivity contribution in [1.29, 1.82) is 0 Å². The van der Waals surface area contributed by atoms with Crippen LogP contribution in [0.3, 0.4) is 0 Å². The molecule has 0 spiro atoms. The topological polar surface area (TPSA) is 46.6 Å². The third-order valence-electron chi connectivity index (χ3n) is 4.76. The van der Waals surface area contributed by atoms with E-state index in [0.29, 0.717) is 26.0 Å². The molecule has 112 valence electrons. The molecule has 4 heteroatoms. The molecule has 0 aromatic heterocycles. The Balaban J connectivity index is 2.00. The molecule has 2 atom stereocenters. The van der Waals surface area contributed by atoms with Gasteiger partial charge >= 0.3 is 5.97 Å². The van der Waals surface area contributed by atoms with E-state index in [-0.39, 0.29) is 17.8 Å². The van der Waals surface area contributed by atoms with Gasteiger partial charge < -0.3 is 9.64 Å². The van der Waals surface area contributed by atoms with Crippen molar-refractivity contribution in [1.82, 2.24) is 4.90 Å². The van der Waals surface area contributed by atoms with Crippen LogP contribution in [0.4, 0.5) is 0 Å². The molecule has 2 bridgehead atoms. The molecule has 3 rings (SSSR count). The molecule has 2 heterocycles. The number of carbonyl (C=O) groups is 2. The highest BCUT2D eigenvalue weighted by molar-refractivity contribution is 5.93. The van der Waals surface area contributed by atoms with Gasteiger partial charge in [-0.05, 0) is 25.3 Å². The number of esters is 1. The maximum atomic E-state index is 12.7. The van der Waals surface area contributed by atoms with Gasteiger partial charge in [0.25, 0.3) is 0 Å². The van der Waals surface area contributed by atoms with Crippen molar-refractivity contribution in [2.24, 2.45) is 5.92 Å². The monoisotopic (exact) mass is 287 g/mol. The number of ether oxygens (including phenoxy) is 1. The molecule has 1 amide bonds. The molecule has 2 fully saturated rings. The van der Waals surface area contributed by atoms with Gasteiger partial charge in [0.15, 0.2) is 0 Å². The van der Waals surface area contributed by atoms with Crippen LogP contribution in [0, 0.1) is 5.92 Å². The second kappa shape index (κ2) is 5.51. The fraction of sp³-hybridized carbons (Fsp3) is 0.529. The molecule has 21 heavy (non-hydrogen) atoms. The summed E-state index contributed by atoms with van der Waals surface area (Å²) < 4.78 is 5.35. The number of hydrogen-bond acceptors (Lipinski definition) is 3. The van der Waals surface area contributed by atoms with Crippen LogP contribution < -0.4 is 0 Å².